The van der Waals surface area contributed by atoms with Gasteiger partial charge < -0.3 is 16.0 Å². The molecule has 110 valence electrons. The van der Waals surface area contributed by atoms with E-state index in [-0.39, 0.29) is 5.91 Å². The molecule has 1 aromatic heterocycles. The maximum Gasteiger partial charge on any atom is 0.269 e. The van der Waals surface area contributed by atoms with Gasteiger partial charge in [0.2, 0.25) is 0 Å². The smallest absolute Gasteiger partial charge is 0.269 e. The molecule has 5 nitrogen and oxygen atoms in total. The first-order valence-corrected chi connectivity index (χ1v) is 8.33. The fourth-order valence-electron chi connectivity index (χ4n) is 2.27. The zero-order valence-corrected chi connectivity index (χ0v) is 13.7. The maximum atomic E-state index is 12.4. The minimum absolute atomic E-state index is 0.220. The molecule has 1 amide bonds. The van der Waals surface area contributed by atoms with Crippen molar-refractivity contribution in [2.24, 2.45) is 0 Å². The molecule has 1 aliphatic rings. The molecule has 3 N–H and O–H groups in total. The van der Waals surface area contributed by atoms with Crippen LogP contribution in [0.15, 0.2) is 28.7 Å². The van der Waals surface area contributed by atoms with Crippen LogP contribution in [0.3, 0.4) is 0 Å². The number of hydrogen-bond donors (Lipinski definition) is 2. The van der Waals surface area contributed by atoms with E-state index in [1.807, 2.05) is 24.3 Å². The molecular formula is C14H15BrN4OS. The Morgan fingerprint density at radius 2 is 2.05 bits per heavy atom. The predicted octanol–water partition coefficient (Wildman–Crippen LogP) is 3.34. The third-order valence-corrected chi connectivity index (χ3v) is 5.17. The largest absolute Gasteiger partial charge is 0.382 e. The van der Waals surface area contributed by atoms with E-state index in [4.69, 9.17) is 5.73 Å². The summed E-state index contributed by atoms with van der Waals surface area (Å²) in [5, 5.41) is 3.69. The van der Waals surface area contributed by atoms with Gasteiger partial charge in [0, 0.05) is 17.6 Å². The lowest BCUT2D eigenvalue weighted by Crippen LogP contribution is -2.17. The second-order valence-corrected chi connectivity index (χ2v) is 6.67. The first-order valence-electron chi connectivity index (χ1n) is 6.72. The molecule has 2 aromatic rings. The molecule has 21 heavy (non-hydrogen) atoms. The van der Waals surface area contributed by atoms with Gasteiger partial charge in [-0.25, -0.2) is 4.98 Å². The van der Waals surface area contributed by atoms with Crippen LogP contribution in [0.1, 0.15) is 22.5 Å². The number of nitrogen functional groups attached to an aromatic ring is 1. The molecule has 0 unspecified atom stereocenters. The average Bonchev–Trinajstić information content (AvgIpc) is 3.10. The second-order valence-electron chi connectivity index (χ2n) is 4.84. The number of nitrogens with two attached hydrogens (primary N) is 1. The first-order chi connectivity index (χ1) is 10.1. The van der Waals surface area contributed by atoms with E-state index >= 15 is 0 Å². The molecule has 1 saturated heterocycles. The molecule has 0 spiro atoms. The normalized spacial score (nSPS) is 14.4. The van der Waals surface area contributed by atoms with Gasteiger partial charge in [-0.3, -0.25) is 4.79 Å². The number of nitrogens with one attached hydrogen (secondary N) is 1. The maximum absolute atomic E-state index is 12.4. The monoisotopic (exact) mass is 366 g/mol. The quantitative estimate of drug-likeness (QED) is 0.873. The van der Waals surface area contributed by atoms with Crippen molar-refractivity contribution in [1.82, 2.24) is 4.98 Å². The highest BCUT2D eigenvalue weighted by Gasteiger charge is 2.21. The summed E-state index contributed by atoms with van der Waals surface area (Å²) in [7, 11) is 0. The fourth-order valence-corrected chi connectivity index (χ4v) is 3.58. The highest BCUT2D eigenvalue weighted by atomic mass is 79.9. The molecule has 0 bridgehead atoms. The highest BCUT2D eigenvalue weighted by molar-refractivity contribution is 9.10. The van der Waals surface area contributed by atoms with E-state index in [0.717, 1.165) is 41.2 Å². The van der Waals surface area contributed by atoms with Crippen molar-refractivity contribution in [3.05, 3.63) is 33.6 Å². The third kappa shape index (κ3) is 3.03. The van der Waals surface area contributed by atoms with Crippen LogP contribution in [0.25, 0.3) is 0 Å². The number of carbonyl (C=O) groups excluding carboxylic acids is 1. The van der Waals surface area contributed by atoms with Crippen LogP contribution in [-0.4, -0.2) is 24.0 Å². The summed E-state index contributed by atoms with van der Waals surface area (Å²) in [6, 6.07) is 7.47. The first kappa shape index (κ1) is 14.3. The fraction of sp³-hybridized carbons (Fsp3) is 0.286. The molecule has 2 heterocycles. The highest BCUT2D eigenvalue weighted by Crippen LogP contribution is 2.31. The molecule has 1 fully saturated rings. The van der Waals surface area contributed by atoms with Gasteiger partial charge in [0.05, 0.1) is 5.69 Å². The van der Waals surface area contributed by atoms with E-state index in [2.05, 4.69) is 31.1 Å². The summed E-state index contributed by atoms with van der Waals surface area (Å²) in [6.07, 6.45) is 2.33. The van der Waals surface area contributed by atoms with Gasteiger partial charge in [0.1, 0.15) is 10.7 Å². The summed E-state index contributed by atoms with van der Waals surface area (Å²) in [5.41, 5.74) is 6.62. The summed E-state index contributed by atoms with van der Waals surface area (Å²) < 4.78 is 0.834. The van der Waals surface area contributed by atoms with Crippen LogP contribution >= 0.6 is 27.3 Å². The van der Waals surface area contributed by atoms with E-state index in [1.54, 1.807) is 0 Å². The molecule has 0 aliphatic carbocycles. The summed E-state index contributed by atoms with van der Waals surface area (Å²) in [6.45, 7) is 1.97. The number of halogens is 1. The van der Waals surface area contributed by atoms with Crippen LogP contribution in [-0.2, 0) is 0 Å². The van der Waals surface area contributed by atoms with Crippen molar-refractivity contribution in [3.8, 4) is 0 Å². The Morgan fingerprint density at radius 1 is 1.33 bits per heavy atom. The van der Waals surface area contributed by atoms with Crippen molar-refractivity contribution in [2.45, 2.75) is 12.8 Å². The Kier molecular flexibility index (Phi) is 4.12. The number of carbonyl (C=O) groups is 1. The molecule has 7 heteroatoms. The average molecular weight is 367 g/mol. The van der Waals surface area contributed by atoms with Gasteiger partial charge in [0.25, 0.3) is 5.91 Å². The summed E-state index contributed by atoms with van der Waals surface area (Å²) in [4.78, 5) is 19.3. The number of amides is 1. The van der Waals surface area contributed by atoms with Gasteiger partial charge in [-0.1, -0.05) is 23.5 Å². The van der Waals surface area contributed by atoms with Crippen molar-refractivity contribution < 1.29 is 4.79 Å². The van der Waals surface area contributed by atoms with E-state index in [1.165, 1.54) is 11.3 Å². The molecule has 3 rings (SSSR count). The summed E-state index contributed by atoms with van der Waals surface area (Å²) in [5.74, 6) is 0.0776. The molecule has 0 radical (unpaired) electrons. The topological polar surface area (TPSA) is 71.2 Å². The molecular weight excluding hydrogens is 352 g/mol. The van der Waals surface area contributed by atoms with Crippen LogP contribution in [0.2, 0.25) is 0 Å². The minimum atomic E-state index is -0.220. The number of rotatable bonds is 3. The second kappa shape index (κ2) is 6.03. The SMILES string of the molecule is Nc1nc(N2CCCC2)sc1C(=O)Nc1ccccc1Br. The number of para-hydroxylation sites is 1. The number of hydrogen-bond acceptors (Lipinski definition) is 5. The standard InChI is InChI=1S/C14H15BrN4OS/c15-9-5-1-2-6-10(9)17-13(20)11-12(16)18-14(21-11)19-7-3-4-8-19/h1-2,5-6H,3-4,7-8,16H2,(H,17,20). The van der Waals surface area contributed by atoms with Crippen LogP contribution < -0.4 is 16.0 Å². The number of aromatic nitrogens is 1. The lowest BCUT2D eigenvalue weighted by Gasteiger charge is -2.11. The van der Waals surface area contributed by atoms with Crippen molar-refractivity contribution in [1.29, 1.82) is 0 Å². The lowest BCUT2D eigenvalue weighted by molar-refractivity contribution is 0.103. The van der Waals surface area contributed by atoms with Gasteiger partial charge in [-0.2, -0.15) is 0 Å². The predicted molar refractivity (Wildman–Crippen MR) is 90.1 cm³/mol. The Hall–Kier alpha value is -1.60. The molecule has 1 aliphatic heterocycles. The Morgan fingerprint density at radius 3 is 2.76 bits per heavy atom. The number of benzene rings is 1. The van der Waals surface area contributed by atoms with Crippen molar-refractivity contribution >= 4 is 49.8 Å². The van der Waals surface area contributed by atoms with Gasteiger partial charge in [0.15, 0.2) is 5.13 Å². The molecule has 0 saturated carbocycles. The van der Waals surface area contributed by atoms with Crippen LogP contribution in [0.5, 0.6) is 0 Å². The third-order valence-electron chi connectivity index (χ3n) is 3.35. The minimum Gasteiger partial charge on any atom is -0.382 e. The van der Waals surface area contributed by atoms with Gasteiger partial charge >= 0.3 is 0 Å². The van der Waals surface area contributed by atoms with Crippen LogP contribution in [0.4, 0.5) is 16.6 Å². The Bertz CT molecular complexity index is 667. The number of nitrogens with zero attached hydrogens (tertiary/aromatic N) is 2. The number of anilines is 3. The van der Waals surface area contributed by atoms with E-state index in [9.17, 15) is 4.79 Å². The van der Waals surface area contributed by atoms with E-state index < -0.39 is 0 Å². The van der Waals surface area contributed by atoms with Crippen LogP contribution in [0, 0.1) is 0 Å². The Balaban J connectivity index is 1.80. The Labute approximate surface area is 135 Å². The zero-order valence-electron chi connectivity index (χ0n) is 11.3. The van der Waals surface area contributed by atoms with Crippen molar-refractivity contribution in [2.75, 3.05) is 29.0 Å². The van der Waals surface area contributed by atoms with Gasteiger partial charge in [-0.15, -0.1) is 0 Å². The molecule has 0 atom stereocenters. The molecule has 1 aromatic carbocycles. The van der Waals surface area contributed by atoms with Gasteiger partial charge in [-0.05, 0) is 40.9 Å². The summed E-state index contributed by atoms with van der Waals surface area (Å²) >= 11 is 4.76. The zero-order chi connectivity index (χ0) is 14.8. The van der Waals surface area contributed by atoms with Crippen molar-refractivity contribution in [3.63, 3.8) is 0 Å². The lowest BCUT2D eigenvalue weighted by atomic mass is 10.3. The number of thiazole rings is 1. The van der Waals surface area contributed by atoms with E-state index in [0.29, 0.717) is 10.7 Å².